The lowest BCUT2D eigenvalue weighted by Crippen LogP contribution is -2.17. The van der Waals surface area contributed by atoms with Crippen molar-refractivity contribution >= 4 is 11.9 Å². The predicted molar refractivity (Wildman–Crippen MR) is 98.1 cm³/mol. The quantitative estimate of drug-likeness (QED) is 0.265. The van der Waals surface area contributed by atoms with Gasteiger partial charge in [0.15, 0.2) is 0 Å². The van der Waals surface area contributed by atoms with Gasteiger partial charge in [0.25, 0.3) is 0 Å². The van der Waals surface area contributed by atoms with Crippen molar-refractivity contribution in [1.29, 1.82) is 0 Å². The van der Waals surface area contributed by atoms with Crippen LogP contribution in [0.1, 0.15) is 110 Å². The third-order valence-corrected chi connectivity index (χ3v) is 4.38. The van der Waals surface area contributed by atoms with Crippen LogP contribution >= 0.6 is 0 Å². The third-order valence-electron chi connectivity index (χ3n) is 4.38. The van der Waals surface area contributed by atoms with Crippen LogP contribution in [-0.2, 0) is 14.3 Å². The van der Waals surface area contributed by atoms with Gasteiger partial charge in [-0.3, -0.25) is 9.59 Å². The molecule has 0 aromatic carbocycles. The monoisotopic (exact) mass is 342 g/mol. The van der Waals surface area contributed by atoms with Crippen molar-refractivity contribution in [2.24, 2.45) is 0 Å². The van der Waals surface area contributed by atoms with Crippen LogP contribution in [0.25, 0.3) is 0 Å². The van der Waals surface area contributed by atoms with Gasteiger partial charge in [-0.1, -0.05) is 65.2 Å². The van der Waals surface area contributed by atoms with Gasteiger partial charge in [0.2, 0.25) is 0 Å². The minimum Gasteiger partial charge on any atom is -0.481 e. The molecule has 0 aliphatic rings. The molecule has 0 spiro atoms. The van der Waals surface area contributed by atoms with E-state index in [0.29, 0.717) is 6.42 Å². The molecule has 0 fully saturated rings. The lowest BCUT2D eigenvalue weighted by molar-refractivity contribution is -0.149. The van der Waals surface area contributed by atoms with E-state index in [0.717, 1.165) is 51.4 Å². The molecule has 0 rings (SSSR count). The fourth-order valence-corrected chi connectivity index (χ4v) is 2.86. The molecule has 0 saturated heterocycles. The summed E-state index contributed by atoms with van der Waals surface area (Å²) in [6.07, 6.45) is 15.2. The highest BCUT2D eigenvalue weighted by Crippen LogP contribution is 2.17. The molecule has 0 heterocycles. The number of unbranched alkanes of at least 4 members (excludes halogenated alkanes) is 9. The maximum Gasteiger partial charge on any atom is 0.305 e. The fourth-order valence-electron chi connectivity index (χ4n) is 2.86. The standard InChI is InChI=1S/C20H38O4/c1-3-5-6-7-9-12-15-18(24-20(23)4-2)16-13-10-8-11-14-17-19(21)22/h18H,3-17H2,1-2H3,(H,21,22). The topological polar surface area (TPSA) is 63.6 Å². The average Bonchev–Trinajstić information content (AvgIpc) is 2.56. The summed E-state index contributed by atoms with van der Waals surface area (Å²) in [7, 11) is 0. The Labute approximate surface area is 148 Å². The molecule has 0 aliphatic carbocycles. The molecule has 24 heavy (non-hydrogen) atoms. The van der Waals surface area contributed by atoms with Gasteiger partial charge in [0, 0.05) is 12.8 Å². The van der Waals surface area contributed by atoms with Crippen LogP contribution in [0.3, 0.4) is 0 Å². The highest BCUT2D eigenvalue weighted by molar-refractivity contribution is 5.69. The normalized spacial score (nSPS) is 12.1. The zero-order valence-electron chi connectivity index (χ0n) is 15.9. The number of esters is 1. The van der Waals surface area contributed by atoms with Crippen molar-refractivity contribution in [2.75, 3.05) is 0 Å². The number of aliphatic carboxylic acids is 1. The van der Waals surface area contributed by atoms with Gasteiger partial charge in [0.05, 0.1) is 0 Å². The Kier molecular flexibility index (Phi) is 16.0. The first-order valence-electron chi connectivity index (χ1n) is 10.0. The van der Waals surface area contributed by atoms with E-state index in [1.807, 2.05) is 6.92 Å². The van der Waals surface area contributed by atoms with Crippen LogP contribution < -0.4 is 0 Å². The second-order valence-corrected chi connectivity index (χ2v) is 6.72. The van der Waals surface area contributed by atoms with Crippen LogP contribution in [0.2, 0.25) is 0 Å². The molecular weight excluding hydrogens is 304 g/mol. The van der Waals surface area contributed by atoms with Crippen molar-refractivity contribution in [1.82, 2.24) is 0 Å². The van der Waals surface area contributed by atoms with E-state index in [-0.39, 0.29) is 18.5 Å². The minimum absolute atomic E-state index is 0.0719. The van der Waals surface area contributed by atoms with Gasteiger partial charge in [0.1, 0.15) is 6.10 Å². The van der Waals surface area contributed by atoms with Crippen LogP contribution in [0, 0.1) is 0 Å². The molecule has 0 aliphatic heterocycles. The van der Waals surface area contributed by atoms with Crippen molar-refractivity contribution in [3.63, 3.8) is 0 Å². The minimum atomic E-state index is -0.708. The second kappa shape index (κ2) is 16.8. The number of ether oxygens (including phenoxy) is 1. The SMILES string of the molecule is CCCCCCCCC(CCCCCCCC(=O)O)OC(=O)CC. The van der Waals surface area contributed by atoms with Crippen LogP contribution in [0.5, 0.6) is 0 Å². The van der Waals surface area contributed by atoms with Crippen LogP contribution in [-0.4, -0.2) is 23.1 Å². The summed E-state index contributed by atoms with van der Waals surface area (Å²) in [6.45, 7) is 4.06. The van der Waals surface area contributed by atoms with Gasteiger partial charge < -0.3 is 9.84 Å². The zero-order chi connectivity index (χ0) is 18.0. The Morgan fingerprint density at radius 3 is 1.79 bits per heavy atom. The largest absolute Gasteiger partial charge is 0.481 e. The predicted octanol–water partition coefficient (Wildman–Crippen LogP) is 5.87. The number of rotatable bonds is 17. The molecule has 0 aromatic heterocycles. The highest BCUT2D eigenvalue weighted by atomic mass is 16.5. The van der Waals surface area contributed by atoms with Gasteiger partial charge >= 0.3 is 11.9 Å². The van der Waals surface area contributed by atoms with Crippen molar-refractivity contribution < 1.29 is 19.4 Å². The highest BCUT2D eigenvalue weighted by Gasteiger charge is 2.13. The molecule has 1 N–H and O–H groups in total. The molecule has 0 bridgehead atoms. The van der Waals surface area contributed by atoms with E-state index in [9.17, 15) is 9.59 Å². The number of carbonyl (C=O) groups is 2. The molecule has 1 atom stereocenters. The van der Waals surface area contributed by atoms with E-state index in [1.165, 1.54) is 32.1 Å². The van der Waals surface area contributed by atoms with E-state index < -0.39 is 5.97 Å². The first-order valence-corrected chi connectivity index (χ1v) is 10.0. The van der Waals surface area contributed by atoms with Crippen LogP contribution in [0.4, 0.5) is 0 Å². The Hall–Kier alpha value is -1.06. The number of carboxylic acid groups (broad SMARTS) is 1. The molecule has 0 saturated carbocycles. The Morgan fingerprint density at radius 2 is 1.29 bits per heavy atom. The van der Waals surface area contributed by atoms with E-state index in [1.54, 1.807) is 0 Å². The van der Waals surface area contributed by atoms with Gasteiger partial charge in [-0.05, 0) is 32.1 Å². The van der Waals surface area contributed by atoms with Crippen molar-refractivity contribution in [3.8, 4) is 0 Å². The molecule has 0 radical (unpaired) electrons. The Bertz CT molecular complexity index is 315. The summed E-state index contributed by atoms with van der Waals surface area (Å²) in [5.74, 6) is -0.798. The summed E-state index contributed by atoms with van der Waals surface area (Å²) in [5.41, 5.74) is 0. The zero-order valence-corrected chi connectivity index (χ0v) is 15.9. The lowest BCUT2D eigenvalue weighted by atomic mass is 10.0. The van der Waals surface area contributed by atoms with Gasteiger partial charge in [-0.15, -0.1) is 0 Å². The lowest BCUT2D eigenvalue weighted by Gasteiger charge is -2.17. The van der Waals surface area contributed by atoms with Crippen molar-refractivity contribution in [3.05, 3.63) is 0 Å². The smallest absolute Gasteiger partial charge is 0.305 e. The number of hydrogen-bond acceptors (Lipinski definition) is 3. The molecule has 1 unspecified atom stereocenters. The Morgan fingerprint density at radius 1 is 0.792 bits per heavy atom. The Balaban J connectivity index is 3.79. The number of carbonyl (C=O) groups excluding carboxylic acids is 1. The second-order valence-electron chi connectivity index (χ2n) is 6.72. The van der Waals surface area contributed by atoms with E-state index in [4.69, 9.17) is 9.84 Å². The van der Waals surface area contributed by atoms with E-state index >= 15 is 0 Å². The van der Waals surface area contributed by atoms with Gasteiger partial charge in [-0.2, -0.15) is 0 Å². The first kappa shape index (κ1) is 22.9. The summed E-state index contributed by atoms with van der Waals surface area (Å²) < 4.78 is 5.57. The number of carboxylic acids is 1. The molecule has 0 aromatic rings. The molecule has 142 valence electrons. The molecule has 4 nitrogen and oxygen atoms in total. The fraction of sp³-hybridized carbons (Fsp3) is 0.900. The van der Waals surface area contributed by atoms with E-state index in [2.05, 4.69) is 6.92 Å². The maximum atomic E-state index is 11.6. The number of hydrogen-bond donors (Lipinski definition) is 1. The van der Waals surface area contributed by atoms with Crippen molar-refractivity contribution in [2.45, 2.75) is 116 Å². The molecular formula is C20H38O4. The van der Waals surface area contributed by atoms with Gasteiger partial charge in [-0.25, -0.2) is 0 Å². The average molecular weight is 343 g/mol. The van der Waals surface area contributed by atoms with Crippen LogP contribution in [0.15, 0.2) is 0 Å². The summed E-state index contributed by atoms with van der Waals surface area (Å²) in [6, 6.07) is 0. The summed E-state index contributed by atoms with van der Waals surface area (Å²) in [4.78, 5) is 22.0. The molecule has 4 heteroatoms. The first-order chi connectivity index (χ1) is 11.6. The summed E-state index contributed by atoms with van der Waals surface area (Å²) in [5, 5.41) is 8.60. The molecule has 0 amide bonds. The third kappa shape index (κ3) is 15.8. The summed E-state index contributed by atoms with van der Waals surface area (Å²) >= 11 is 0. The maximum absolute atomic E-state index is 11.6.